The summed E-state index contributed by atoms with van der Waals surface area (Å²) in [5.41, 5.74) is 1.07. The number of aromatic nitrogens is 1. The molecule has 0 radical (unpaired) electrons. The highest BCUT2D eigenvalue weighted by atomic mass is 35.5. The molecule has 0 aliphatic carbocycles. The average molecular weight is 448 g/mol. The summed E-state index contributed by atoms with van der Waals surface area (Å²) in [6, 6.07) is 7.43. The maximum Gasteiger partial charge on any atom is 0.261 e. The monoisotopic (exact) mass is 447 g/mol. The molecule has 0 spiro atoms. The van der Waals surface area contributed by atoms with E-state index in [2.05, 4.69) is 21.9 Å². The molecule has 0 unspecified atom stereocenters. The lowest BCUT2D eigenvalue weighted by Crippen LogP contribution is -2.22. The molecule has 1 aromatic heterocycles. The van der Waals surface area contributed by atoms with Crippen molar-refractivity contribution in [2.75, 3.05) is 37.7 Å². The van der Waals surface area contributed by atoms with Gasteiger partial charge in [-0.2, -0.15) is 0 Å². The molecule has 2 aromatic rings. The van der Waals surface area contributed by atoms with E-state index in [1.165, 1.54) is 30.5 Å². The molecule has 7 nitrogen and oxygen atoms in total. The van der Waals surface area contributed by atoms with E-state index in [1.54, 1.807) is 13.0 Å². The standard InChI is InChI=1S/C19H26FN3O4S.ClH/c1-3-9-21-10-12-27-19-15(2)13-16(14-22-19)23-28(24,25)18-6-4-17(5-7-18)26-11-8-20;/h4-7,13-14,21,23H,3,8-12H2,1-2H3;1H. The average Bonchev–Trinajstić information content (AvgIpc) is 2.67. The summed E-state index contributed by atoms with van der Waals surface area (Å²) in [6.07, 6.45) is 2.47. The van der Waals surface area contributed by atoms with E-state index in [-0.39, 0.29) is 23.9 Å². The van der Waals surface area contributed by atoms with Crippen molar-refractivity contribution in [3.8, 4) is 11.6 Å². The number of hydrogen-bond donors (Lipinski definition) is 2. The van der Waals surface area contributed by atoms with E-state index in [1.807, 2.05) is 0 Å². The molecule has 0 bridgehead atoms. The summed E-state index contributed by atoms with van der Waals surface area (Å²) in [5, 5.41) is 3.23. The Kier molecular flexibility index (Phi) is 10.7. The van der Waals surface area contributed by atoms with Crippen LogP contribution >= 0.6 is 12.4 Å². The highest BCUT2D eigenvalue weighted by Gasteiger charge is 2.15. The molecule has 29 heavy (non-hydrogen) atoms. The van der Waals surface area contributed by atoms with Crippen LogP contribution in [-0.2, 0) is 10.0 Å². The number of sulfonamides is 1. The first kappa shape index (κ1) is 24.9. The number of nitrogens with zero attached hydrogens (tertiary/aromatic N) is 1. The van der Waals surface area contributed by atoms with E-state index in [0.29, 0.717) is 30.5 Å². The molecular weight excluding hydrogens is 421 g/mol. The van der Waals surface area contributed by atoms with Gasteiger partial charge in [-0.15, -0.1) is 12.4 Å². The fraction of sp³-hybridized carbons (Fsp3) is 0.421. The van der Waals surface area contributed by atoms with Gasteiger partial charge in [0.1, 0.15) is 25.6 Å². The number of ether oxygens (including phenoxy) is 2. The van der Waals surface area contributed by atoms with Crippen molar-refractivity contribution in [2.24, 2.45) is 0 Å². The number of aryl methyl sites for hydroxylation is 1. The Morgan fingerprint density at radius 1 is 1.10 bits per heavy atom. The lowest BCUT2D eigenvalue weighted by molar-refractivity contribution is 0.273. The molecule has 2 N–H and O–H groups in total. The first-order valence-electron chi connectivity index (χ1n) is 9.08. The van der Waals surface area contributed by atoms with Crippen LogP contribution in [0.15, 0.2) is 41.4 Å². The fourth-order valence-electron chi connectivity index (χ4n) is 2.38. The van der Waals surface area contributed by atoms with Gasteiger partial charge >= 0.3 is 0 Å². The highest BCUT2D eigenvalue weighted by Crippen LogP contribution is 2.22. The van der Waals surface area contributed by atoms with Gasteiger partial charge < -0.3 is 14.8 Å². The zero-order valence-electron chi connectivity index (χ0n) is 16.5. The maximum atomic E-state index is 12.5. The minimum atomic E-state index is -3.78. The number of rotatable bonds is 12. The van der Waals surface area contributed by atoms with Crippen LogP contribution in [-0.4, -0.2) is 46.4 Å². The predicted octanol–water partition coefficient (Wildman–Crippen LogP) is 3.34. The number of pyridine rings is 1. The topological polar surface area (TPSA) is 89.5 Å². The summed E-state index contributed by atoms with van der Waals surface area (Å²) >= 11 is 0. The number of nitrogens with one attached hydrogen (secondary N) is 2. The normalized spacial score (nSPS) is 10.9. The van der Waals surface area contributed by atoms with Crippen LogP contribution in [0.1, 0.15) is 18.9 Å². The van der Waals surface area contributed by atoms with Crippen LogP contribution < -0.4 is 19.5 Å². The van der Waals surface area contributed by atoms with Gasteiger partial charge in [0.05, 0.1) is 16.8 Å². The van der Waals surface area contributed by atoms with Crippen LogP contribution in [0.5, 0.6) is 11.6 Å². The van der Waals surface area contributed by atoms with Crippen molar-refractivity contribution >= 4 is 28.1 Å². The number of hydrogen-bond acceptors (Lipinski definition) is 6. The Morgan fingerprint density at radius 3 is 2.45 bits per heavy atom. The molecule has 0 saturated heterocycles. The van der Waals surface area contributed by atoms with Gasteiger partial charge in [0.2, 0.25) is 5.88 Å². The minimum absolute atomic E-state index is 0. The Balaban J connectivity index is 0.00000420. The van der Waals surface area contributed by atoms with Crippen LogP contribution in [0.25, 0.3) is 0 Å². The minimum Gasteiger partial charge on any atom is -0.491 e. The van der Waals surface area contributed by atoms with E-state index in [0.717, 1.165) is 18.5 Å². The lowest BCUT2D eigenvalue weighted by Gasteiger charge is -2.12. The van der Waals surface area contributed by atoms with Crippen LogP contribution in [0.4, 0.5) is 10.1 Å². The van der Waals surface area contributed by atoms with E-state index in [4.69, 9.17) is 9.47 Å². The smallest absolute Gasteiger partial charge is 0.261 e. The van der Waals surface area contributed by atoms with Crippen molar-refractivity contribution in [3.63, 3.8) is 0 Å². The molecule has 0 amide bonds. The maximum absolute atomic E-state index is 12.5. The van der Waals surface area contributed by atoms with Gasteiger partial charge in [-0.25, -0.2) is 17.8 Å². The number of halogens is 2. The van der Waals surface area contributed by atoms with Crippen molar-refractivity contribution in [1.29, 1.82) is 0 Å². The molecule has 162 valence electrons. The van der Waals surface area contributed by atoms with E-state index < -0.39 is 16.7 Å². The Morgan fingerprint density at radius 2 is 1.83 bits per heavy atom. The quantitative estimate of drug-likeness (QED) is 0.485. The molecule has 0 aliphatic heterocycles. The summed E-state index contributed by atoms with van der Waals surface area (Å²) in [7, 11) is -3.78. The van der Waals surface area contributed by atoms with Crippen LogP contribution in [0.2, 0.25) is 0 Å². The molecule has 10 heteroatoms. The van der Waals surface area contributed by atoms with Crippen LogP contribution in [0, 0.1) is 6.92 Å². The Bertz CT molecular complexity index is 851. The molecule has 1 heterocycles. The van der Waals surface area contributed by atoms with Crippen molar-refractivity contribution in [1.82, 2.24) is 10.3 Å². The second kappa shape index (κ2) is 12.5. The second-order valence-electron chi connectivity index (χ2n) is 6.06. The third kappa shape index (κ3) is 8.04. The van der Waals surface area contributed by atoms with Crippen molar-refractivity contribution in [3.05, 3.63) is 42.1 Å². The number of alkyl halides is 1. The van der Waals surface area contributed by atoms with E-state index in [9.17, 15) is 12.8 Å². The number of benzene rings is 1. The third-order valence-corrected chi connectivity index (χ3v) is 5.10. The number of anilines is 1. The van der Waals surface area contributed by atoms with E-state index >= 15 is 0 Å². The largest absolute Gasteiger partial charge is 0.491 e. The van der Waals surface area contributed by atoms with Crippen molar-refractivity contribution < 1.29 is 22.3 Å². The Hall–Kier alpha value is -2.10. The predicted molar refractivity (Wildman–Crippen MR) is 114 cm³/mol. The fourth-order valence-corrected chi connectivity index (χ4v) is 3.41. The highest BCUT2D eigenvalue weighted by molar-refractivity contribution is 7.92. The van der Waals surface area contributed by atoms with Gasteiger partial charge in [0.25, 0.3) is 10.0 Å². The zero-order chi connectivity index (χ0) is 20.4. The summed E-state index contributed by atoms with van der Waals surface area (Å²) in [4.78, 5) is 4.26. The van der Waals surface area contributed by atoms with Gasteiger partial charge in [0.15, 0.2) is 0 Å². The molecule has 2 rings (SSSR count). The molecule has 0 atom stereocenters. The summed E-state index contributed by atoms with van der Waals surface area (Å²) in [6.45, 7) is 5.34. The first-order chi connectivity index (χ1) is 13.5. The lowest BCUT2D eigenvalue weighted by atomic mass is 10.3. The first-order valence-corrected chi connectivity index (χ1v) is 10.6. The van der Waals surface area contributed by atoms with Gasteiger partial charge in [0, 0.05) is 12.1 Å². The van der Waals surface area contributed by atoms with Gasteiger partial charge in [-0.1, -0.05) is 6.92 Å². The molecule has 0 saturated carbocycles. The molecular formula is C19H27ClFN3O4S. The molecule has 1 aromatic carbocycles. The summed E-state index contributed by atoms with van der Waals surface area (Å²) in [5.74, 6) is 0.875. The molecule has 0 aliphatic rings. The zero-order valence-corrected chi connectivity index (χ0v) is 18.1. The van der Waals surface area contributed by atoms with Gasteiger partial charge in [-0.3, -0.25) is 4.72 Å². The third-order valence-electron chi connectivity index (χ3n) is 3.71. The Labute approximate surface area is 177 Å². The van der Waals surface area contributed by atoms with Gasteiger partial charge in [-0.05, 0) is 50.2 Å². The second-order valence-corrected chi connectivity index (χ2v) is 7.74. The van der Waals surface area contributed by atoms with Crippen LogP contribution in [0.3, 0.4) is 0 Å². The van der Waals surface area contributed by atoms with Crippen molar-refractivity contribution in [2.45, 2.75) is 25.2 Å². The molecule has 0 fully saturated rings. The SMILES string of the molecule is CCCNCCOc1ncc(NS(=O)(=O)c2ccc(OCCF)cc2)cc1C.Cl. The summed E-state index contributed by atoms with van der Waals surface area (Å²) < 4.78 is 50.4.